The van der Waals surface area contributed by atoms with Gasteiger partial charge in [0.1, 0.15) is 0 Å². The van der Waals surface area contributed by atoms with Crippen LogP contribution in [0.1, 0.15) is 0 Å². The minimum Gasteiger partial charge on any atom is -0.480 e. The molecule has 1 aliphatic rings. The number of nitrogens with zero attached hydrogens (tertiary/aromatic N) is 3. The van der Waals surface area contributed by atoms with Crippen LogP contribution in [0.2, 0.25) is 0 Å². The van der Waals surface area contributed by atoms with Gasteiger partial charge in [-0.15, -0.1) is 24.8 Å². The molecule has 18 heavy (non-hydrogen) atoms. The first-order valence-electron chi connectivity index (χ1n) is 5.35. The molecule has 5 nitrogen and oxygen atoms in total. The van der Waals surface area contributed by atoms with Crippen LogP contribution in [0.3, 0.4) is 0 Å². The molecule has 0 radical (unpaired) electrons. The molecule has 1 aliphatic heterocycles. The number of hydrogen-bond acceptors (Lipinski definition) is 4. The zero-order valence-corrected chi connectivity index (χ0v) is 11.5. The predicted octanol–water partition coefficient (Wildman–Crippen LogP) is 1.13. The highest BCUT2D eigenvalue weighted by Gasteiger charge is 2.18. The summed E-state index contributed by atoms with van der Waals surface area (Å²) >= 11 is 0. The highest BCUT2D eigenvalue weighted by Crippen LogP contribution is 2.14. The summed E-state index contributed by atoms with van der Waals surface area (Å²) in [5, 5.41) is 8.69. The molecule has 102 valence electrons. The van der Waals surface area contributed by atoms with Gasteiger partial charge in [-0.05, 0) is 12.1 Å². The van der Waals surface area contributed by atoms with Gasteiger partial charge in [0.15, 0.2) is 0 Å². The van der Waals surface area contributed by atoms with E-state index in [-0.39, 0.29) is 31.4 Å². The number of halogens is 2. The molecule has 0 aromatic carbocycles. The van der Waals surface area contributed by atoms with Gasteiger partial charge in [0.2, 0.25) is 0 Å². The molecule has 7 heteroatoms. The Labute approximate surface area is 119 Å². The van der Waals surface area contributed by atoms with Crippen LogP contribution >= 0.6 is 24.8 Å². The molecule has 0 atom stereocenters. The van der Waals surface area contributed by atoms with Gasteiger partial charge in [0, 0.05) is 44.3 Å². The topological polar surface area (TPSA) is 56.7 Å². The standard InChI is InChI=1S/C11H15N3O2.2ClH/c15-11(16)9-13-5-7-14(8-6-13)10-1-3-12-4-2-10;;/h1-4H,5-9H2,(H,15,16);2*1H. The molecule has 0 bridgehead atoms. The zero-order chi connectivity index (χ0) is 11.4. The average molecular weight is 294 g/mol. The van der Waals surface area contributed by atoms with E-state index in [1.165, 1.54) is 0 Å². The molecular formula is C11H17Cl2N3O2. The fraction of sp³-hybridized carbons (Fsp3) is 0.455. The lowest BCUT2D eigenvalue weighted by atomic mass is 10.2. The van der Waals surface area contributed by atoms with E-state index in [1.54, 1.807) is 12.4 Å². The summed E-state index contributed by atoms with van der Waals surface area (Å²) < 4.78 is 0. The Morgan fingerprint density at radius 3 is 2.22 bits per heavy atom. The molecule has 0 unspecified atom stereocenters. The molecule has 1 aromatic heterocycles. The van der Waals surface area contributed by atoms with Crippen LogP contribution in [0, 0.1) is 0 Å². The molecular weight excluding hydrogens is 277 g/mol. The summed E-state index contributed by atoms with van der Waals surface area (Å²) in [6.07, 6.45) is 3.55. The van der Waals surface area contributed by atoms with Crippen molar-refractivity contribution in [2.24, 2.45) is 0 Å². The van der Waals surface area contributed by atoms with Crippen LogP contribution in [0.5, 0.6) is 0 Å². The zero-order valence-electron chi connectivity index (χ0n) is 9.86. The fourth-order valence-electron chi connectivity index (χ4n) is 1.91. The number of aliphatic carboxylic acids is 1. The number of carboxylic acids is 1. The first kappa shape index (κ1) is 17.0. The van der Waals surface area contributed by atoms with Gasteiger partial charge in [-0.2, -0.15) is 0 Å². The number of pyridine rings is 1. The fourth-order valence-corrected chi connectivity index (χ4v) is 1.91. The van der Waals surface area contributed by atoms with Gasteiger partial charge in [0.05, 0.1) is 6.54 Å². The third kappa shape index (κ3) is 4.68. The lowest BCUT2D eigenvalue weighted by Crippen LogP contribution is -2.47. The second-order valence-corrected chi connectivity index (χ2v) is 3.86. The number of piperazine rings is 1. The Hall–Kier alpha value is -1.04. The molecule has 0 spiro atoms. The van der Waals surface area contributed by atoms with E-state index in [9.17, 15) is 4.79 Å². The van der Waals surface area contributed by atoms with Crippen LogP contribution in [-0.4, -0.2) is 53.7 Å². The second-order valence-electron chi connectivity index (χ2n) is 3.86. The van der Waals surface area contributed by atoms with E-state index in [4.69, 9.17) is 5.11 Å². The average Bonchev–Trinajstić information content (AvgIpc) is 2.30. The molecule has 1 aromatic rings. The van der Waals surface area contributed by atoms with Crippen molar-refractivity contribution in [2.45, 2.75) is 0 Å². The van der Waals surface area contributed by atoms with Crippen LogP contribution in [0.25, 0.3) is 0 Å². The monoisotopic (exact) mass is 293 g/mol. The Morgan fingerprint density at radius 1 is 1.17 bits per heavy atom. The number of rotatable bonds is 3. The first-order chi connectivity index (χ1) is 7.75. The summed E-state index contributed by atoms with van der Waals surface area (Å²) in [6, 6.07) is 3.96. The van der Waals surface area contributed by atoms with Crippen LogP contribution in [0.4, 0.5) is 5.69 Å². The van der Waals surface area contributed by atoms with E-state index in [1.807, 2.05) is 17.0 Å². The van der Waals surface area contributed by atoms with Crippen molar-refractivity contribution < 1.29 is 9.90 Å². The van der Waals surface area contributed by atoms with Crippen LogP contribution in [0.15, 0.2) is 24.5 Å². The Balaban J connectivity index is 0.00000144. The highest BCUT2D eigenvalue weighted by molar-refractivity contribution is 5.85. The largest absolute Gasteiger partial charge is 0.480 e. The summed E-state index contributed by atoms with van der Waals surface area (Å²) in [4.78, 5) is 18.7. The van der Waals surface area contributed by atoms with Crippen molar-refractivity contribution in [2.75, 3.05) is 37.6 Å². The summed E-state index contributed by atoms with van der Waals surface area (Å²) in [5.74, 6) is -0.752. The van der Waals surface area contributed by atoms with E-state index < -0.39 is 5.97 Å². The van der Waals surface area contributed by atoms with Gasteiger partial charge in [-0.25, -0.2) is 0 Å². The van der Waals surface area contributed by atoms with Gasteiger partial charge in [-0.1, -0.05) is 0 Å². The lowest BCUT2D eigenvalue weighted by molar-refractivity contribution is -0.138. The molecule has 0 amide bonds. The quantitative estimate of drug-likeness (QED) is 0.905. The lowest BCUT2D eigenvalue weighted by Gasteiger charge is -2.35. The predicted molar refractivity (Wildman–Crippen MR) is 75.0 cm³/mol. The van der Waals surface area contributed by atoms with Gasteiger partial charge >= 0.3 is 5.97 Å². The molecule has 1 N–H and O–H groups in total. The smallest absolute Gasteiger partial charge is 0.317 e. The Morgan fingerprint density at radius 2 is 1.72 bits per heavy atom. The van der Waals surface area contributed by atoms with Gasteiger partial charge < -0.3 is 10.0 Å². The summed E-state index contributed by atoms with van der Waals surface area (Å²) in [5.41, 5.74) is 1.16. The molecule has 0 aliphatic carbocycles. The third-order valence-electron chi connectivity index (χ3n) is 2.76. The normalized spacial score (nSPS) is 15.4. The second kappa shape index (κ2) is 8.13. The van der Waals surface area contributed by atoms with E-state index in [2.05, 4.69) is 9.88 Å². The van der Waals surface area contributed by atoms with Gasteiger partial charge in [-0.3, -0.25) is 14.7 Å². The highest BCUT2D eigenvalue weighted by atomic mass is 35.5. The van der Waals surface area contributed by atoms with Crippen molar-refractivity contribution in [1.82, 2.24) is 9.88 Å². The van der Waals surface area contributed by atoms with Crippen molar-refractivity contribution >= 4 is 36.5 Å². The number of aromatic nitrogens is 1. The number of anilines is 1. The maximum atomic E-state index is 10.6. The minimum atomic E-state index is -0.752. The van der Waals surface area contributed by atoms with E-state index >= 15 is 0 Å². The summed E-state index contributed by atoms with van der Waals surface area (Å²) in [6.45, 7) is 3.49. The van der Waals surface area contributed by atoms with E-state index in [0.717, 1.165) is 31.9 Å². The number of carbonyl (C=O) groups is 1. The number of hydrogen-bond donors (Lipinski definition) is 1. The van der Waals surface area contributed by atoms with Crippen molar-refractivity contribution in [3.8, 4) is 0 Å². The Bertz CT molecular complexity index is 357. The molecule has 2 rings (SSSR count). The third-order valence-corrected chi connectivity index (χ3v) is 2.76. The Kier molecular flexibility index (Phi) is 7.66. The maximum Gasteiger partial charge on any atom is 0.317 e. The van der Waals surface area contributed by atoms with Crippen molar-refractivity contribution in [3.63, 3.8) is 0 Å². The molecule has 0 saturated carbocycles. The molecule has 2 heterocycles. The SMILES string of the molecule is Cl.Cl.O=C(O)CN1CCN(c2ccncc2)CC1. The van der Waals surface area contributed by atoms with Crippen LogP contribution < -0.4 is 4.90 Å². The summed E-state index contributed by atoms with van der Waals surface area (Å²) in [7, 11) is 0. The van der Waals surface area contributed by atoms with E-state index in [0.29, 0.717) is 0 Å². The number of carboxylic acid groups (broad SMARTS) is 1. The van der Waals surface area contributed by atoms with Gasteiger partial charge in [0.25, 0.3) is 0 Å². The molecule has 1 fully saturated rings. The van der Waals surface area contributed by atoms with Crippen LogP contribution in [-0.2, 0) is 4.79 Å². The first-order valence-corrected chi connectivity index (χ1v) is 5.35. The minimum absolute atomic E-state index is 0. The van der Waals surface area contributed by atoms with Crippen molar-refractivity contribution in [1.29, 1.82) is 0 Å². The molecule has 1 saturated heterocycles. The maximum absolute atomic E-state index is 10.6. The van der Waals surface area contributed by atoms with Crippen molar-refractivity contribution in [3.05, 3.63) is 24.5 Å².